The number of ether oxygens (including phenoxy) is 1. The summed E-state index contributed by atoms with van der Waals surface area (Å²) in [5.41, 5.74) is 7.79. The van der Waals surface area contributed by atoms with Gasteiger partial charge in [-0.15, -0.1) is 0 Å². The number of hydrogen-bond acceptors (Lipinski definition) is 8. The number of nitrogens with one attached hydrogen (secondary N) is 1. The van der Waals surface area contributed by atoms with Crippen LogP contribution in [0.4, 0.5) is 27.7 Å². The van der Waals surface area contributed by atoms with Crippen LogP contribution in [0.25, 0.3) is 0 Å². The molecule has 31 heavy (non-hydrogen) atoms. The Morgan fingerprint density at radius 2 is 1.68 bits per heavy atom. The van der Waals surface area contributed by atoms with E-state index in [0.29, 0.717) is 24.9 Å². The quantitative estimate of drug-likeness (QED) is 0.599. The van der Waals surface area contributed by atoms with Gasteiger partial charge in [0.25, 0.3) is 0 Å². The maximum Gasteiger partial charge on any atom is 0.232 e. The molecule has 162 valence electrons. The second kappa shape index (κ2) is 9.57. The van der Waals surface area contributed by atoms with Gasteiger partial charge in [-0.05, 0) is 55.5 Å². The van der Waals surface area contributed by atoms with E-state index in [1.807, 2.05) is 43.3 Å². The van der Waals surface area contributed by atoms with Crippen LogP contribution < -0.4 is 20.7 Å². The lowest BCUT2D eigenvalue weighted by molar-refractivity contribution is 0.244. The van der Waals surface area contributed by atoms with Gasteiger partial charge in [-0.2, -0.15) is 15.0 Å². The van der Waals surface area contributed by atoms with Crippen molar-refractivity contribution in [1.29, 1.82) is 0 Å². The molecule has 0 aliphatic carbocycles. The lowest BCUT2D eigenvalue weighted by Crippen LogP contribution is -2.46. The minimum absolute atomic E-state index is 0.184. The topological polar surface area (TPSA) is 92.4 Å². The highest BCUT2D eigenvalue weighted by atomic mass is 19.1. The summed E-state index contributed by atoms with van der Waals surface area (Å²) >= 11 is 0. The lowest BCUT2D eigenvalue weighted by Gasteiger charge is -2.35. The molecule has 3 aromatic rings. The van der Waals surface area contributed by atoms with Crippen molar-refractivity contribution >= 4 is 23.3 Å². The van der Waals surface area contributed by atoms with Crippen LogP contribution in [0.2, 0.25) is 0 Å². The minimum atomic E-state index is -0.218. The molecule has 8 nitrogen and oxygen atoms in total. The number of hydrogen-bond donors (Lipinski definition) is 2. The number of piperazine rings is 1. The summed E-state index contributed by atoms with van der Waals surface area (Å²) < 4.78 is 18.6. The molecular formula is C22H26FN7O. The number of nitrogens with two attached hydrogens (primary N) is 1. The van der Waals surface area contributed by atoms with Crippen LogP contribution in [0.15, 0.2) is 48.5 Å². The standard InChI is InChI=1S/C22H26FN7O/c1-2-31-19-9-5-17(6-10-19)25-22-27-20(26-21(24)28-22)15-29-11-13-30(14-12-29)18-7-3-16(23)4-8-18/h3-10H,2,11-15H2,1H3,(H3,24,25,26,27,28). The lowest BCUT2D eigenvalue weighted by atomic mass is 10.2. The Balaban J connectivity index is 1.36. The van der Waals surface area contributed by atoms with Crippen LogP contribution in [0.5, 0.6) is 5.75 Å². The van der Waals surface area contributed by atoms with Crippen molar-refractivity contribution in [2.24, 2.45) is 0 Å². The fourth-order valence-electron chi connectivity index (χ4n) is 3.51. The third-order valence-corrected chi connectivity index (χ3v) is 5.05. The molecule has 0 radical (unpaired) electrons. The molecule has 0 unspecified atom stereocenters. The fourth-order valence-corrected chi connectivity index (χ4v) is 3.51. The first kappa shape index (κ1) is 20.8. The SMILES string of the molecule is CCOc1ccc(Nc2nc(N)nc(CN3CCN(c4ccc(F)cc4)CC3)n2)cc1. The van der Waals surface area contributed by atoms with Gasteiger partial charge in [0, 0.05) is 37.6 Å². The average molecular weight is 423 g/mol. The second-order valence-corrected chi connectivity index (χ2v) is 7.26. The molecule has 1 saturated heterocycles. The molecule has 1 aromatic heterocycles. The second-order valence-electron chi connectivity index (χ2n) is 7.26. The highest BCUT2D eigenvalue weighted by molar-refractivity contribution is 5.55. The van der Waals surface area contributed by atoms with E-state index in [2.05, 4.69) is 30.1 Å². The third-order valence-electron chi connectivity index (χ3n) is 5.05. The summed E-state index contributed by atoms with van der Waals surface area (Å²) in [5, 5.41) is 3.17. The summed E-state index contributed by atoms with van der Waals surface area (Å²) in [6.45, 7) is 6.56. The summed E-state index contributed by atoms with van der Waals surface area (Å²) in [7, 11) is 0. The smallest absolute Gasteiger partial charge is 0.232 e. The van der Waals surface area contributed by atoms with Crippen molar-refractivity contribution in [3.05, 3.63) is 60.2 Å². The summed E-state index contributed by atoms with van der Waals surface area (Å²) in [6, 6.07) is 14.2. The van der Waals surface area contributed by atoms with Gasteiger partial charge in [-0.3, -0.25) is 4.90 Å². The maximum absolute atomic E-state index is 13.1. The Morgan fingerprint density at radius 3 is 2.35 bits per heavy atom. The molecule has 3 N–H and O–H groups in total. The van der Waals surface area contributed by atoms with E-state index in [4.69, 9.17) is 10.5 Å². The highest BCUT2D eigenvalue weighted by Crippen LogP contribution is 2.20. The molecular weight excluding hydrogens is 397 g/mol. The van der Waals surface area contributed by atoms with Crippen LogP contribution in [0.1, 0.15) is 12.7 Å². The molecule has 0 atom stereocenters. The van der Waals surface area contributed by atoms with E-state index in [9.17, 15) is 4.39 Å². The molecule has 9 heteroatoms. The van der Waals surface area contributed by atoms with Gasteiger partial charge in [-0.1, -0.05) is 0 Å². The first-order valence-electron chi connectivity index (χ1n) is 10.3. The Bertz CT molecular complexity index is 990. The molecule has 2 aromatic carbocycles. The van der Waals surface area contributed by atoms with Crippen molar-refractivity contribution in [3.63, 3.8) is 0 Å². The maximum atomic E-state index is 13.1. The van der Waals surface area contributed by atoms with Crippen LogP contribution in [0.3, 0.4) is 0 Å². The van der Waals surface area contributed by atoms with Gasteiger partial charge < -0.3 is 20.7 Å². The van der Waals surface area contributed by atoms with E-state index in [1.165, 1.54) is 12.1 Å². The van der Waals surface area contributed by atoms with Crippen LogP contribution in [-0.4, -0.2) is 52.6 Å². The Morgan fingerprint density at radius 1 is 0.968 bits per heavy atom. The minimum Gasteiger partial charge on any atom is -0.494 e. The average Bonchev–Trinajstić information content (AvgIpc) is 2.76. The zero-order valence-electron chi connectivity index (χ0n) is 17.5. The molecule has 0 spiro atoms. The van der Waals surface area contributed by atoms with Crippen molar-refractivity contribution in [2.45, 2.75) is 13.5 Å². The number of anilines is 4. The van der Waals surface area contributed by atoms with Gasteiger partial charge in [0.1, 0.15) is 17.4 Å². The van der Waals surface area contributed by atoms with E-state index in [0.717, 1.165) is 43.3 Å². The first-order valence-corrected chi connectivity index (χ1v) is 10.3. The summed E-state index contributed by atoms with van der Waals surface area (Å²) in [4.78, 5) is 17.5. The van der Waals surface area contributed by atoms with E-state index < -0.39 is 0 Å². The zero-order chi connectivity index (χ0) is 21.6. The molecule has 0 amide bonds. The predicted molar refractivity (Wildman–Crippen MR) is 119 cm³/mol. The van der Waals surface area contributed by atoms with Crippen molar-refractivity contribution < 1.29 is 9.13 Å². The largest absolute Gasteiger partial charge is 0.494 e. The van der Waals surface area contributed by atoms with Crippen molar-refractivity contribution in [3.8, 4) is 5.75 Å². The third kappa shape index (κ3) is 5.58. The van der Waals surface area contributed by atoms with E-state index >= 15 is 0 Å². The Hall–Kier alpha value is -3.46. The molecule has 0 saturated carbocycles. The zero-order valence-corrected chi connectivity index (χ0v) is 17.5. The van der Waals surface area contributed by atoms with Gasteiger partial charge in [0.2, 0.25) is 11.9 Å². The predicted octanol–water partition coefficient (Wildman–Crippen LogP) is 3.06. The molecule has 0 bridgehead atoms. The Labute approximate surface area is 180 Å². The fraction of sp³-hybridized carbons (Fsp3) is 0.318. The van der Waals surface area contributed by atoms with Gasteiger partial charge in [-0.25, -0.2) is 4.39 Å². The van der Waals surface area contributed by atoms with E-state index in [-0.39, 0.29) is 11.8 Å². The number of benzene rings is 2. The number of nitrogens with zero attached hydrogens (tertiary/aromatic N) is 5. The number of nitrogen functional groups attached to an aromatic ring is 1. The molecule has 2 heterocycles. The van der Waals surface area contributed by atoms with Crippen LogP contribution in [-0.2, 0) is 6.54 Å². The molecule has 1 fully saturated rings. The molecule has 1 aliphatic heterocycles. The molecule has 1 aliphatic rings. The van der Waals surface area contributed by atoms with Crippen LogP contribution in [0, 0.1) is 5.82 Å². The van der Waals surface area contributed by atoms with E-state index in [1.54, 1.807) is 0 Å². The number of aromatic nitrogens is 3. The van der Waals surface area contributed by atoms with Gasteiger partial charge in [0.15, 0.2) is 0 Å². The Kier molecular flexibility index (Phi) is 6.42. The van der Waals surface area contributed by atoms with Crippen molar-refractivity contribution in [2.75, 3.05) is 48.7 Å². The van der Waals surface area contributed by atoms with Crippen LogP contribution >= 0.6 is 0 Å². The highest BCUT2D eigenvalue weighted by Gasteiger charge is 2.19. The molecule has 4 rings (SSSR count). The number of halogens is 1. The normalized spacial score (nSPS) is 14.5. The summed E-state index contributed by atoms with van der Waals surface area (Å²) in [5.74, 6) is 1.81. The van der Waals surface area contributed by atoms with Gasteiger partial charge in [0.05, 0.1) is 13.2 Å². The monoisotopic (exact) mass is 423 g/mol. The summed E-state index contributed by atoms with van der Waals surface area (Å²) in [6.07, 6.45) is 0. The first-order chi connectivity index (χ1) is 15.1. The number of rotatable bonds is 7. The van der Waals surface area contributed by atoms with Crippen molar-refractivity contribution in [1.82, 2.24) is 19.9 Å². The van der Waals surface area contributed by atoms with Gasteiger partial charge >= 0.3 is 0 Å².